The molecule has 0 aromatic rings. The van der Waals surface area contributed by atoms with Crippen molar-refractivity contribution in [3.05, 3.63) is 36.2 Å². The summed E-state index contributed by atoms with van der Waals surface area (Å²) >= 11 is 0. The van der Waals surface area contributed by atoms with Crippen LogP contribution in [0.4, 0.5) is 0 Å². The molecule has 2 heterocycles. The van der Waals surface area contributed by atoms with Crippen LogP contribution in [0.2, 0.25) is 0 Å². The molecule has 0 radical (unpaired) electrons. The van der Waals surface area contributed by atoms with Crippen LogP contribution in [0.1, 0.15) is 47.0 Å². The van der Waals surface area contributed by atoms with E-state index in [4.69, 9.17) is 0 Å². The Morgan fingerprint density at radius 2 is 2.00 bits per heavy atom. The number of Topliss-reactive ketones (excluding diaryl/α,β-unsaturated/α-hetero) is 1. The summed E-state index contributed by atoms with van der Waals surface area (Å²) < 4.78 is 0. The molecule has 26 heavy (non-hydrogen) atoms. The maximum atomic E-state index is 12.7. The van der Waals surface area contributed by atoms with Crippen molar-refractivity contribution in [2.75, 3.05) is 26.2 Å². The monoisotopic (exact) mass is 359 g/mol. The van der Waals surface area contributed by atoms with Crippen LogP contribution in [0.15, 0.2) is 36.2 Å². The van der Waals surface area contributed by atoms with Gasteiger partial charge in [-0.1, -0.05) is 32.6 Å². The lowest BCUT2D eigenvalue weighted by molar-refractivity contribution is -0.127. The Kier molecular flexibility index (Phi) is 7.21. The molecule has 2 fully saturated rings. The van der Waals surface area contributed by atoms with Crippen LogP contribution in [-0.2, 0) is 9.59 Å². The molecule has 2 aliphatic rings. The average molecular weight is 360 g/mol. The number of carbonyl (C=O) groups excluding carboxylic acids is 2. The molecule has 0 bridgehead atoms. The van der Waals surface area contributed by atoms with Crippen molar-refractivity contribution >= 4 is 11.7 Å². The number of piperazine rings is 1. The normalized spacial score (nSPS) is 23.3. The number of amides is 1. The largest absolute Gasteiger partial charge is 0.337 e. The number of ketones is 1. The van der Waals surface area contributed by atoms with E-state index in [0.717, 1.165) is 31.6 Å². The van der Waals surface area contributed by atoms with Crippen molar-refractivity contribution in [1.29, 1.82) is 0 Å². The molecule has 0 N–H and O–H groups in total. The van der Waals surface area contributed by atoms with Crippen LogP contribution >= 0.6 is 0 Å². The van der Waals surface area contributed by atoms with Crippen molar-refractivity contribution in [2.45, 2.75) is 59.0 Å². The van der Waals surface area contributed by atoms with E-state index in [1.54, 1.807) is 13.0 Å². The minimum atomic E-state index is 0.0282. The number of carbonyl (C=O) groups is 2. The van der Waals surface area contributed by atoms with Crippen molar-refractivity contribution in [2.24, 2.45) is 0 Å². The van der Waals surface area contributed by atoms with Gasteiger partial charge < -0.3 is 9.80 Å². The Morgan fingerprint density at radius 1 is 1.31 bits per heavy atom. The Labute approximate surface area is 158 Å². The summed E-state index contributed by atoms with van der Waals surface area (Å²) in [6.45, 7) is 15.2. The van der Waals surface area contributed by atoms with Crippen LogP contribution in [0.3, 0.4) is 0 Å². The van der Waals surface area contributed by atoms with Gasteiger partial charge in [0.25, 0.3) is 0 Å². The molecule has 2 atom stereocenters. The van der Waals surface area contributed by atoms with Crippen LogP contribution in [0.5, 0.6) is 0 Å². The van der Waals surface area contributed by atoms with E-state index in [1.807, 2.05) is 35.8 Å². The van der Waals surface area contributed by atoms with Crippen LogP contribution in [0, 0.1) is 0 Å². The van der Waals surface area contributed by atoms with Crippen molar-refractivity contribution in [3.63, 3.8) is 0 Å². The molecule has 0 spiro atoms. The third-order valence-corrected chi connectivity index (χ3v) is 5.21. The number of nitrogens with zero attached hydrogens (tertiary/aromatic N) is 3. The first kappa shape index (κ1) is 20.4. The molecule has 2 aliphatic heterocycles. The molecular formula is C21H33N3O2. The Hall–Kier alpha value is -1.88. The van der Waals surface area contributed by atoms with Gasteiger partial charge in [0.2, 0.25) is 5.91 Å². The fourth-order valence-electron chi connectivity index (χ4n) is 3.74. The zero-order chi connectivity index (χ0) is 19.3. The smallest absolute Gasteiger partial charge is 0.246 e. The SMILES string of the molecule is C=C1CN(C(=O)/C=C/C(CC)N2CCC2)CC(C)N1/C(=C\CC)C(C)=O. The Bertz CT molecular complexity index is 604. The zero-order valence-corrected chi connectivity index (χ0v) is 16.7. The molecule has 2 rings (SSSR count). The van der Waals surface area contributed by atoms with Gasteiger partial charge in [-0.3, -0.25) is 14.5 Å². The summed E-state index contributed by atoms with van der Waals surface area (Å²) in [4.78, 5) is 30.9. The molecule has 0 aliphatic carbocycles. The summed E-state index contributed by atoms with van der Waals surface area (Å²) in [5, 5.41) is 0. The third-order valence-electron chi connectivity index (χ3n) is 5.21. The summed E-state index contributed by atoms with van der Waals surface area (Å²) in [7, 11) is 0. The highest BCUT2D eigenvalue weighted by atomic mass is 16.2. The second-order valence-electron chi connectivity index (χ2n) is 7.28. The number of hydrogen-bond donors (Lipinski definition) is 0. The molecule has 1 amide bonds. The number of hydrogen-bond acceptors (Lipinski definition) is 4. The summed E-state index contributed by atoms with van der Waals surface area (Å²) in [6.07, 6.45) is 8.77. The van der Waals surface area contributed by atoms with Gasteiger partial charge >= 0.3 is 0 Å². The van der Waals surface area contributed by atoms with Gasteiger partial charge in [0.15, 0.2) is 5.78 Å². The molecule has 2 saturated heterocycles. The quantitative estimate of drug-likeness (QED) is 0.656. The lowest BCUT2D eigenvalue weighted by atomic mass is 10.1. The predicted molar refractivity (Wildman–Crippen MR) is 105 cm³/mol. The summed E-state index contributed by atoms with van der Waals surface area (Å²) in [5.41, 5.74) is 1.49. The van der Waals surface area contributed by atoms with Gasteiger partial charge in [0.1, 0.15) is 0 Å². The molecule has 0 aromatic heterocycles. The zero-order valence-electron chi connectivity index (χ0n) is 16.7. The van der Waals surface area contributed by atoms with Crippen LogP contribution < -0.4 is 0 Å². The van der Waals surface area contributed by atoms with E-state index in [-0.39, 0.29) is 17.7 Å². The lowest BCUT2D eigenvalue weighted by Crippen LogP contribution is -2.52. The lowest BCUT2D eigenvalue weighted by Gasteiger charge is -2.43. The highest BCUT2D eigenvalue weighted by Gasteiger charge is 2.31. The fourth-order valence-corrected chi connectivity index (χ4v) is 3.74. The van der Waals surface area contributed by atoms with Crippen LogP contribution in [-0.4, -0.2) is 64.7 Å². The molecule has 5 heteroatoms. The minimum Gasteiger partial charge on any atom is -0.337 e. The van der Waals surface area contributed by atoms with Crippen molar-refractivity contribution in [3.8, 4) is 0 Å². The Morgan fingerprint density at radius 3 is 2.46 bits per heavy atom. The molecule has 2 unspecified atom stereocenters. The van der Waals surface area contributed by atoms with Gasteiger partial charge in [-0.2, -0.15) is 0 Å². The maximum absolute atomic E-state index is 12.7. The first-order valence-corrected chi connectivity index (χ1v) is 9.78. The third kappa shape index (κ3) is 4.64. The van der Waals surface area contributed by atoms with E-state index < -0.39 is 0 Å². The van der Waals surface area contributed by atoms with Gasteiger partial charge in [-0.15, -0.1) is 0 Å². The number of allylic oxidation sites excluding steroid dienone is 2. The Balaban J connectivity index is 2.03. The topological polar surface area (TPSA) is 43.9 Å². The van der Waals surface area contributed by atoms with E-state index in [1.165, 1.54) is 6.42 Å². The van der Waals surface area contributed by atoms with Crippen molar-refractivity contribution < 1.29 is 9.59 Å². The highest BCUT2D eigenvalue weighted by Crippen LogP contribution is 2.24. The second kappa shape index (κ2) is 9.17. The predicted octanol–water partition coefficient (Wildman–Crippen LogP) is 2.96. The summed E-state index contributed by atoms with van der Waals surface area (Å²) in [5.74, 6) is 0.0697. The fraction of sp³-hybridized carbons (Fsp3) is 0.619. The van der Waals surface area contributed by atoms with Gasteiger partial charge in [0.05, 0.1) is 12.2 Å². The molecule has 0 saturated carbocycles. The molecule has 5 nitrogen and oxygen atoms in total. The van der Waals surface area contributed by atoms with E-state index >= 15 is 0 Å². The first-order valence-electron chi connectivity index (χ1n) is 9.78. The van der Waals surface area contributed by atoms with Gasteiger partial charge in [0, 0.05) is 37.3 Å². The first-order chi connectivity index (χ1) is 12.4. The van der Waals surface area contributed by atoms with Crippen LogP contribution in [0.25, 0.3) is 0 Å². The molecule has 0 aromatic carbocycles. The van der Waals surface area contributed by atoms with E-state index in [0.29, 0.717) is 24.8 Å². The second-order valence-corrected chi connectivity index (χ2v) is 7.28. The highest BCUT2D eigenvalue weighted by molar-refractivity contribution is 5.93. The standard InChI is InChI=1S/C21H33N3O2/c1-6-9-20(18(5)25)24-16(3)14-23(15-17(24)4)21(26)11-10-19(7-2)22-12-8-13-22/h9-11,17,19H,3,6-8,12-15H2,1-2,4-5H3/b11-10+,20-9-. The number of likely N-dealkylation sites (tertiary alicyclic amines) is 1. The maximum Gasteiger partial charge on any atom is 0.246 e. The van der Waals surface area contributed by atoms with Crippen molar-refractivity contribution in [1.82, 2.24) is 14.7 Å². The average Bonchev–Trinajstić information content (AvgIpc) is 2.54. The van der Waals surface area contributed by atoms with E-state index in [2.05, 4.69) is 18.4 Å². The molecular weight excluding hydrogens is 326 g/mol. The molecule has 144 valence electrons. The summed E-state index contributed by atoms with van der Waals surface area (Å²) in [6, 6.07) is 0.388. The van der Waals surface area contributed by atoms with Gasteiger partial charge in [-0.05, 0) is 39.3 Å². The minimum absolute atomic E-state index is 0.0282. The number of rotatable bonds is 7. The van der Waals surface area contributed by atoms with Gasteiger partial charge in [-0.25, -0.2) is 0 Å². The van der Waals surface area contributed by atoms with E-state index in [9.17, 15) is 9.59 Å².